The van der Waals surface area contributed by atoms with Gasteiger partial charge in [-0.25, -0.2) is 8.42 Å². The molecule has 9 heteroatoms. The zero-order chi connectivity index (χ0) is 25.7. The highest BCUT2D eigenvalue weighted by molar-refractivity contribution is 7.89. The van der Waals surface area contributed by atoms with Crippen LogP contribution in [0.3, 0.4) is 0 Å². The maximum atomic E-state index is 13.5. The van der Waals surface area contributed by atoms with E-state index in [1.54, 1.807) is 19.2 Å². The molecule has 1 aromatic heterocycles. The minimum atomic E-state index is -3.74. The molecule has 1 aliphatic rings. The second-order valence-corrected chi connectivity index (χ2v) is 11.6. The van der Waals surface area contributed by atoms with Gasteiger partial charge in [0, 0.05) is 30.9 Å². The summed E-state index contributed by atoms with van der Waals surface area (Å²) >= 11 is 0. The number of hydrogen-bond donors (Lipinski definition) is 1. The van der Waals surface area contributed by atoms with Crippen molar-refractivity contribution in [3.05, 3.63) is 90.0 Å². The Bertz CT molecular complexity index is 1420. The first-order valence-corrected chi connectivity index (χ1v) is 14.2. The second-order valence-electron chi connectivity index (χ2n) is 9.56. The summed E-state index contributed by atoms with van der Waals surface area (Å²) in [6.45, 7) is 0.767. The number of benzene rings is 3. The molecule has 0 atom stereocenters. The van der Waals surface area contributed by atoms with Gasteiger partial charge in [-0.05, 0) is 47.4 Å². The highest BCUT2D eigenvalue weighted by Gasteiger charge is 2.25. The Hall–Kier alpha value is -3.56. The number of hydrogen-bond acceptors (Lipinski definition) is 6. The van der Waals surface area contributed by atoms with E-state index in [1.807, 2.05) is 66.7 Å². The molecular weight excluding hydrogens is 484 g/mol. The Morgan fingerprint density at radius 2 is 1.59 bits per heavy atom. The van der Waals surface area contributed by atoms with Crippen molar-refractivity contribution in [1.82, 2.24) is 24.5 Å². The standard InChI is InChI=1S/C28H32N6O2S/c1-33(20-22-11-5-2-6-12-22)37(35,36)25-17-18-27(29-24-15-9-4-10-16-24)26(19-25)28-30-32-34(31-28)21-23-13-7-3-8-14-23/h2-3,5-8,11-14,17-19,24,29H,4,9-10,15-16,20-21H2,1H3. The molecule has 3 aromatic carbocycles. The molecule has 0 bridgehead atoms. The monoisotopic (exact) mass is 516 g/mol. The summed E-state index contributed by atoms with van der Waals surface area (Å²) in [5.41, 5.74) is 3.45. The third kappa shape index (κ3) is 6.06. The maximum Gasteiger partial charge on any atom is 0.243 e. The molecule has 0 amide bonds. The lowest BCUT2D eigenvalue weighted by Crippen LogP contribution is -2.27. The van der Waals surface area contributed by atoms with Gasteiger partial charge in [0.25, 0.3) is 0 Å². The molecule has 0 spiro atoms. The molecule has 4 aromatic rings. The summed E-state index contributed by atoms with van der Waals surface area (Å²) in [5.74, 6) is 0.400. The van der Waals surface area contributed by atoms with E-state index in [-0.39, 0.29) is 11.4 Å². The summed E-state index contributed by atoms with van der Waals surface area (Å²) in [6, 6.07) is 25.0. The molecule has 8 nitrogen and oxygen atoms in total. The van der Waals surface area contributed by atoms with E-state index in [1.165, 1.54) is 28.4 Å². The first-order valence-electron chi connectivity index (χ1n) is 12.7. The number of nitrogens with zero attached hydrogens (tertiary/aromatic N) is 5. The van der Waals surface area contributed by atoms with Crippen LogP contribution in [0.15, 0.2) is 83.8 Å². The lowest BCUT2D eigenvalue weighted by molar-refractivity contribution is 0.462. The van der Waals surface area contributed by atoms with Gasteiger partial charge in [0.1, 0.15) is 0 Å². The highest BCUT2D eigenvalue weighted by atomic mass is 32.2. The van der Waals surface area contributed by atoms with Gasteiger partial charge >= 0.3 is 0 Å². The predicted molar refractivity (Wildman–Crippen MR) is 144 cm³/mol. The quantitative estimate of drug-likeness (QED) is 0.338. The van der Waals surface area contributed by atoms with Gasteiger partial charge in [-0.2, -0.15) is 9.10 Å². The Kier molecular flexibility index (Phi) is 7.62. The van der Waals surface area contributed by atoms with Gasteiger partial charge in [-0.3, -0.25) is 0 Å². The average Bonchev–Trinajstić information content (AvgIpc) is 3.39. The topological polar surface area (TPSA) is 93.0 Å². The molecule has 5 rings (SSSR count). The van der Waals surface area contributed by atoms with Gasteiger partial charge in [-0.1, -0.05) is 79.9 Å². The summed E-state index contributed by atoms with van der Waals surface area (Å²) in [4.78, 5) is 1.74. The number of sulfonamides is 1. The Morgan fingerprint density at radius 1 is 0.919 bits per heavy atom. The Labute approximate surface area is 218 Å². The van der Waals surface area contributed by atoms with Gasteiger partial charge in [0.2, 0.25) is 15.8 Å². The van der Waals surface area contributed by atoms with Crippen molar-refractivity contribution < 1.29 is 8.42 Å². The molecule has 1 saturated carbocycles. The van der Waals surface area contributed by atoms with Crippen LogP contribution >= 0.6 is 0 Å². The van der Waals surface area contributed by atoms with Crippen LogP contribution in [-0.4, -0.2) is 46.0 Å². The lowest BCUT2D eigenvalue weighted by Gasteiger charge is -2.25. The van der Waals surface area contributed by atoms with Crippen LogP contribution in [0, 0.1) is 0 Å². The number of aromatic nitrogens is 4. The molecular formula is C28H32N6O2S. The van der Waals surface area contributed by atoms with E-state index in [2.05, 4.69) is 20.7 Å². The molecule has 1 aliphatic carbocycles. The van der Waals surface area contributed by atoms with Crippen molar-refractivity contribution in [2.75, 3.05) is 12.4 Å². The van der Waals surface area contributed by atoms with Gasteiger partial charge < -0.3 is 5.32 Å². The van der Waals surface area contributed by atoms with Gasteiger partial charge in [0.15, 0.2) is 0 Å². The van der Waals surface area contributed by atoms with Crippen molar-refractivity contribution in [2.24, 2.45) is 0 Å². The maximum absolute atomic E-state index is 13.5. The summed E-state index contributed by atoms with van der Waals surface area (Å²) < 4.78 is 28.4. The van der Waals surface area contributed by atoms with E-state index in [0.29, 0.717) is 24.0 Å². The van der Waals surface area contributed by atoms with E-state index < -0.39 is 10.0 Å². The fourth-order valence-corrected chi connectivity index (χ4v) is 5.92. The fraction of sp³-hybridized carbons (Fsp3) is 0.321. The largest absolute Gasteiger partial charge is 0.382 e. The Morgan fingerprint density at radius 3 is 2.30 bits per heavy atom. The van der Waals surface area contributed by atoms with Crippen molar-refractivity contribution in [3.8, 4) is 11.4 Å². The number of anilines is 1. The molecule has 1 fully saturated rings. The normalized spacial score (nSPS) is 14.6. The highest BCUT2D eigenvalue weighted by Crippen LogP contribution is 2.32. The Balaban J connectivity index is 1.46. The molecule has 0 unspecified atom stereocenters. The molecule has 0 saturated heterocycles. The number of rotatable bonds is 9. The van der Waals surface area contributed by atoms with Crippen molar-refractivity contribution >= 4 is 15.7 Å². The summed E-state index contributed by atoms with van der Waals surface area (Å²) in [5, 5.41) is 16.8. The van der Waals surface area contributed by atoms with Crippen molar-refractivity contribution in [2.45, 2.75) is 56.1 Å². The second kappa shape index (κ2) is 11.2. The minimum Gasteiger partial charge on any atom is -0.382 e. The van der Waals surface area contributed by atoms with Crippen molar-refractivity contribution in [1.29, 1.82) is 0 Å². The van der Waals surface area contributed by atoms with E-state index >= 15 is 0 Å². The lowest BCUT2D eigenvalue weighted by atomic mass is 9.95. The van der Waals surface area contributed by atoms with Crippen LogP contribution in [0.1, 0.15) is 43.2 Å². The van der Waals surface area contributed by atoms with E-state index in [0.717, 1.165) is 29.7 Å². The average molecular weight is 517 g/mol. The SMILES string of the molecule is CN(Cc1ccccc1)S(=O)(=O)c1ccc(NC2CCCCC2)c(-c2nnn(Cc3ccccc3)n2)c1. The molecule has 1 N–H and O–H groups in total. The van der Waals surface area contributed by atoms with Crippen LogP contribution in [-0.2, 0) is 23.1 Å². The minimum absolute atomic E-state index is 0.203. The van der Waals surface area contributed by atoms with Crippen LogP contribution < -0.4 is 5.32 Å². The first-order chi connectivity index (χ1) is 18.0. The molecule has 0 radical (unpaired) electrons. The number of tetrazole rings is 1. The van der Waals surface area contributed by atoms with Crippen LogP contribution in [0.25, 0.3) is 11.4 Å². The molecule has 37 heavy (non-hydrogen) atoms. The first kappa shape index (κ1) is 25.1. The van der Waals surface area contributed by atoms with Crippen LogP contribution in [0.2, 0.25) is 0 Å². The number of nitrogens with one attached hydrogen (secondary N) is 1. The fourth-order valence-electron chi connectivity index (χ4n) is 4.73. The molecule has 1 heterocycles. The van der Waals surface area contributed by atoms with E-state index in [9.17, 15) is 8.42 Å². The third-order valence-corrected chi connectivity index (χ3v) is 8.57. The molecule has 192 valence electrons. The summed E-state index contributed by atoms with van der Waals surface area (Å²) in [7, 11) is -2.13. The third-order valence-electron chi connectivity index (χ3n) is 6.77. The smallest absolute Gasteiger partial charge is 0.243 e. The van der Waals surface area contributed by atoms with Crippen LogP contribution in [0.4, 0.5) is 5.69 Å². The van der Waals surface area contributed by atoms with Crippen LogP contribution in [0.5, 0.6) is 0 Å². The molecule has 0 aliphatic heterocycles. The van der Waals surface area contributed by atoms with Gasteiger partial charge in [0.05, 0.1) is 11.4 Å². The zero-order valence-corrected chi connectivity index (χ0v) is 21.8. The summed E-state index contributed by atoms with van der Waals surface area (Å²) in [6.07, 6.45) is 5.82. The van der Waals surface area contributed by atoms with Crippen molar-refractivity contribution in [3.63, 3.8) is 0 Å². The zero-order valence-electron chi connectivity index (χ0n) is 21.0. The van der Waals surface area contributed by atoms with E-state index in [4.69, 9.17) is 0 Å². The van der Waals surface area contributed by atoms with Gasteiger partial charge in [-0.15, -0.1) is 10.2 Å². The predicted octanol–water partition coefficient (Wildman–Crippen LogP) is 4.95.